The number of rotatable bonds is 4. The first-order valence-corrected chi connectivity index (χ1v) is 9.71. The van der Waals surface area contributed by atoms with Crippen molar-refractivity contribution < 1.29 is 14.3 Å². The summed E-state index contributed by atoms with van der Waals surface area (Å²) in [5.74, 6) is -0.294. The molecule has 4 rings (SSSR count). The Bertz CT molecular complexity index is 1010. The highest BCUT2D eigenvalue weighted by Crippen LogP contribution is 2.35. The summed E-state index contributed by atoms with van der Waals surface area (Å²) in [5.41, 5.74) is 1.74. The van der Waals surface area contributed by atoms with Crippen LogP contribution < -0.4 is 0 Å². The van der Waals surface area contributed by atoms with Gasteiger partial charge in [0.25, 0.3) is 5.91 Å². The number of halogens is 1. The van der Waals surface area contributed by atoms with Gasteiger partial charge in [-0.25, -0.2) is 4.39 Å². The summed E-state index contributed by atoms with van der Waals surface area (Å²) in [5, 5.41) is 11.2. The van der Waals surface area contributed by atoms with Crippen LogP contribution in [0.25, 0.3) is 10.9 Å². The second-order valence-corrected chi connectivity index (χ2v) is 7.90. The second kappa shape index (κ2) is 7.40. The number of para-hydroxylation sites is 1. The Kier molecular flexibility index (Phi) is 4.94. The summed E-state index contributed by atoms with van der Waals surface area (Å²) in [7, 11) is 1.90. The van der Waals surface area contributed by atoms with Gasteiger partial charge in [0.1, 0.15) is 11.5 Å². The topological polar surface area (TPSA) is 45.5 Å². The van der Waals surface area contributed by atoms with E-state index in [1.807, 2.05) is 52.9 Å². The van der Waals surface area contributed by atoms with Gasteiger partial charge >= 0.3 is 0 Å². The lowest BCUT2D eigenvalue weighted by Crippen LogP contribution is -2.49. The van der Waals surface area contributed by atoms with Crippen molar-refractivity contribution >= 4 is 16.8 Å². The number of likely N-dealkylation sites (tertiary alicyclic amines) is 1. The van der Waals surface area contributed by atoms with E-state index in [0.29, 0.717) is 30.8 Å². The predicted molar refractivity (Wildman–Crippen MR) is 108 cm³/mol. The van der Waals surface area contributed by atoms with Gasteiger partial charge in [0.15, 0.2) is 0 Å². The van der Waals surface area contributed by atoms with Crippen LogP contribution in [0.4, 0.5) is 4.39 Å². The summed E-state index contributed by atoms with van der Waals surface area (Å²) in [4.78, 5) is 15.1. The van der Waals surface area contributed by atoms with Crippen LogP contribution in [0, 0.1) is 11.2 Å². The van der Waals surface area contributed by atoms with Gasteiger partial charge in [-0.1, -0.05) is 36.4 Å². The SMILES string of the molecule is Cn1c(C(=O)N2CCCC(CO)(Cc3ccccc3F)C2)cc2ccccc21. The monoisotopic (exact) mass is 380 g/mol. The molecule has 1 N–H and O–H groups in total. The zero-order valence-electron chi connectivity index (χ0n) is 16.1. The minimum atomic E-state index is -0.513. The van der Waals surface area contributed by atoms with Crippen LogP contribution in [0.2, 0.25) is 0 Å². The molecular weight excluding hydrogens is 355 g/mol. The number of piperidine rings is 1. The zero-order valence-corrected chi connectivity index (χ0v) is 16.1. The smallest absolute Gasteiger partial charge is 0.270 e. The van der Waals surface area contributed by atoms with Gasteiger partial charge < -0.3 is 14.6 Å². The Morgan fingerprint density at radius 1 is 1.18 bits per heavy atom. The first-order chi connectivity index (χ1) is 13.5. The number of carbonyl (C=O) groups excluding carboxylic acids is 1. The third-order valence-electron chi connectivity index (χ3n) is 5.98. The Morgan fingerprint density at radius 2 is 1.93 bits per heavy atom. The molecule has 0 aliphatic carbocycles. The van der Waals surface area contributed by atoms with Gasteiger partial charge in [-0.2, -0.15) is 0 Å². The van der Waals surface area contributed by atoms with E-state index in [4.69, 9.17) is 0 Å². The molecule has 0 saturated carbocycles. The molecule has 0 spiro atoms. The molecule has 146 valence electrons. The lowest BCUT2D eigenvalue weighted by Gasteiger charge is -2.42. The van der Waals surface area contributed by atoms with Crippen molar-refractivity contribution in [2.45, 2.75) is 19.3 Å². The standard InChI is InChI=1S/C23H25FN2O2/c1-25-20-10-5-3-7-17(20)13-21(25)22(28)26-12-6-11-23(15-26,16-27)14-18-8-2-4-9-19(18)24/h2-5,7-10,13,27H,6,11-12,14-16H2,1H3. The third-order valence-corrected chi connectivity index (χ3v) is 5.98. The summed E-state index contributed by atoms with van der Waals surface area (Å²) >= 11 is 0. The molecule has 1 atom stereocenters. The van der Waals surface area contributed by atoms with Gasteiger partial charge in [-0.15, -0.1) is 0 Å². The van der Waals surface area contributed by atoms with Crippen LogP contribution in [-0.4, -0.2) is 40.2 Å². The van der Waals surface area contributed by atoms with Crippen LogP contribution >= 0.6 is 0 Å². The normalized spacial score (nSPS) is 19.9. The summed E-state index contributed by atoms with van der Waals surface area (Å²) in [6.07, 6.45) is 2.00. The molecule has 2 heterocycles. The minimum absolute atomic E-state index is 0.0373. The number of amides is 1. The van der Waals surface area contributed by atoms with Gasteiger partial charge in [0.2, 0.25) is 0 Å². The largest absolute Gasteiger partial charge is 0.396 e. The molecule has 3 aromatic rings. The lowest BCUT2D eigenvalue weighted by atomic mass is 9.75. The van der Waals surface area contributed by atoms with Crippen molar-refractivity contribution in [3.8, 4) is 0 Å². The number of aromatic nitrogens is 1. The summed E-state index contributed by atoms with van der Waals surface area (Å²) in [6.45, 7) is 1.01. The number of carbonyl (C=O) groups is 1. The van der Waals surface area contributed by atoms with Crippen LogP contribution in [0.15, 0.2) is 54.6 Å². The molecular formula is C23H25FN2O2. The van der Waals surface area contributed by atoms with Crippen LogP contribution in [-0.2, 0) is 13.5 Å². The number of aliphatic hydroxyl groups excluding tert-OH is 1. The van der Waals surface area contributed by atoms with E-state index < -0.39 is 5.41 Å². The second-order valence-electron chi connectivity index (χ2n) is 7.90. The fourth-order valence-electron chi connectivity index (χ4n) is 4.41. The van der Waals surface area contributed by atoms with Crippen molar-refractivity contribution in [3.63, 3.8) is 0 Å². The maximum Gasteiger partial charge on any atom is 0.270 e. The van der Waals surface area contributed by atoms with Crippen LogP contribution in [0.3, 0.4) is 0 Å². The molecule has 1 aliphatic heterocycles. The molecule has 1 amide bonds. The predicted octanol–water partition coefficient (Wildman–Crippen LogP) is 3.77. The van der Waals surface area contributed by atoms with E-state index in [1.54, 1.807) is 12.1 Å². The van der Waals surface area contributed by atoms with E-state index in [2.05, 4.69) is 0 Å². The number of aryl methyl sites for hydroxylation is 1. The van der Waals surface area contributed by atoms with E-state index >= 15 is 0 Å². The van der Waals surface area contributed by atoms with E-state index in [9.17, 15) is 14.3 Å². The van der Waals surface area contributed by atoms with Crippen molar-refractivity contribution in [1.29, 1.82) is 0 Å². The van der Waals surface area contributed by atoms with Crippen molar-refractivity contribution in [3.05, 3.63) is 71.7 Å². The van der Waals surface area contributed by atoms with Gasteiger partial charge in [0.05, 0.1) is 6.61 Å². The van der Waals surface area contributed by atoms with Gasteiger partial charge in [-0.3, -0.25) is 4.79 Å². The Balaban J connectivity index is 1.60. The molecule has 0 radical (unpaired) electrons. The molecule has 1 aromatic heterocycles. The molecule has 2 aromatic carbocycles. The Hall–Kier alpha value is -2.66. The first kappa shape index (κ1) is 18.7. The lowest BCUT2D eigenvalue weighted by molar-refractivity contribution is 0.0262. The molecule has 1 fully saturated rings. The third kappa shape index (κ3) is 3.31. The van der Waals surface area contributed by atoms with Crippen molar-refractivity contribution in [1.82, 2.24) is 9.47 Å². The number of hydrogen-bond acceptors (Lipinski definition) is 2. The number of fused-ring (bicyclic) bond motifs is 1. The first-order valence-electron chi connectivity index (χ1n) is 9.71. The number of aliphatic hydroxyl groups is 1. The Labute approximate surface area is 164 Å². The minimum Gasteiger partial charge on any atom is -0.396 e. The van der Waals surface area contributed by atoms with Gasteiger partial charge in [-0.05, 0) is 43.0 Å². The van der Waals surface area contributed by atoms with Crippen LogP contribution in [0.5, 0.6) is 0 Å². The average Bonchev–Trinajstić information content (AvgIpc) is 3.06. The molecule has 1 saturated heterocycles. The number of nitrogens with zero attached hydrogens (tertiary/aromatic N) is 2. The van der Waals surface area contributed by atoms with Crippen LogP contribution in [0.1, 0.15) is 28.9 Å². The van der Waals surface area contributed by atoms with E-state index in [1.165, 1.54) is 6.07 Å². The number of benzene rings is 2. The molecule has 28 heavy (non-hydrogen) atoms. The molecule has 1 unspecified atom stereocenters. The summed E-state index contributed by atoms with van der Waals surface area (Å²) in [6, 6.07) is 16.5. The number of hydrogen-bond donors (Lipinski definition) is 1. The fourth-order valence-corrected chi connectivity index (χ4v) is 4.41. The molecule has 1 aliphatic rings. The summed E-state index contributed by atoms with van der Waals surface area (Å²) < 4.78 is 16.1. The zero-order chi connectivity index (χ0) is 19.7. The molecule has 0 bridgehead atoms. The van der Waals surface area contributed by atoms with Crippen molar-refractivity contribution in [2.75, 3.05) is 19.7 Å². The average molecular weight is 380 g/mol. The highest BCUT2D eigenvalue weighted by molar-refractivity contribution is 5.98. The maximum atomic E-state index is 14.2. The van der Waals surface area contributed by atoms with Crippen molar-refractivity contribution in [2.24, 2.45) is 12.5 Å². The quantitative estimate of drug-likeness (QED) is 0.749. The van der Waals surface area contributed by atoms with E-state index in [0.717, 1.165) is 23.7 Å². The van der Waals surface area contributed by atoms with E-state index in [-0.39, 0.29) is 18.3 Å². The highest BCUT2D eigenvalue weighted by atomic mass is 19.1. The van der Waals surface area contributed by atoms with Gasteiger partial charge in [0, 0.05) is 36.5 Å². The molecule has 4 nitrogen and oxygen atoms in total. The Morgan fingerprint density at radius 3 is 2.68 bits per heavy atom. The fraction of sp³-hybridized carbons (Fsp3) is 0.348. The maximum absolute atomic E-state index is 14.2. The molecule has 5 heteroatoms. The highest BCUT2D eigenvalue weighted by Gasteiger charge is 2.38.